The Labute approximate surface area is 149 Å². The van der Waals surface area contributed by atoms with E-state index in [1.54, 1.807) is 0 Å². The summed E-state index contributed by atoms with van der Waals surface area (Å²) in [5.74, 6) is 2.95. The van der Waals surface area contributed by atoms with E-state index in [1.807, 2.05) is 0 Å². The fourth-order valence-electron chi connectivity index (χ4n) is 6.18. The predicted octanol–water partition coefficient (Wildman–Crippen LogP) is 3.21. The molecule has 3 aliphatic heterocycles. The Morgan fingerprint density at radius 1 is 0.792 bits per heavy atom. The van der Waals surface area contributed by atoms with Gasteiger partial charge in [-0.25, -0.2) is 0 Å². The summed E-state index contributed by atoms with van der Waals surface area (Å²) in [5, 5.41) is 3.50. The van der Waals surface area contributed by atoms with Crippen LogP contribution in [0.25, 0.3) is 0 Å². The average molecular weight is 334 g/mol. The fourth-order valence-corrected chi connectivity index (χ4v) is 6.18. The van der Waals surface area contributed by atoms with Crippen molar-refractivity contribution in [2.75, 3.05) is 52.4 Å². The van der Waals surface area contributed by atoms with Crippen LogP contribution >= 0.6 is 0 Å². The first-order valence-electron chi connectivity index (χ1n) is 10.9. The monoisotopic (exact) mass is 333 g/mol. The number of nitrogens with zero attached hydrogens (tertiary/aromatic N) is 2. The molecule has 0 atom stereocenters. The molecule has 0 bridgehead atoms. The first-order chi connectivity index (χ1) is 11.7. The summed E-state index contributed by atoms with van der Waals surface area (Å²) in [5.41, 5.74) is 0.786. The maximum Gasteiger partial charge on any atom is 0.00106 e. The van der Waals surface area contributed by atoms with Crippen molar-refractivity contribution in [2.45, 2.75) is 58.3 Å². The Hall–Kier alpha value is -0.120. The lowest BCUT2D eigenvalue weighted by Gasteiger charge is -2.52. The first kappa shape index (κ1) is 17.3. The van der Waals surface area contributed by atoms with Gasteiger partial charge in [0.2, 0.25) is 0 Å². The van der Waals surface area contributed by atoms with Gasteiger partial charge < -0.3 is 15.1 Å². The van der Waals surface area contributed by atoms with E-state index in [2.05, 4.69) is 22.0 Å². The molecular weight excluding hydrogens is 294 g/mol. The molecule has 3 heteroatoms. The van der Waals surface area contributed by atoms with E-state index in [4.69, 9.17) is 0 Å². The smallest absolute Gasteiger partial charge is 0.00106 e. The van der Waals surface area contributed by atoms with Gasteiger partial charge in [0.15, 0.2) is 0 Å². The van der Waals surface area contributed by atoms with Crippen LogP contribution in [0.15, 0.2) is 0 Å². The molecular formula is C21H39N3. The third-order valence-corrected chi connectivity index (χ3v) is 7.68. The van der Waals surface area contributed by atoms with Crippen LogP contribution in [0.1, 0.15) is 58.3 Å². The molecule has 0 unspecified atom stereocenters. The number of rotatable bonds is 4. The summed E-state index contributed by atoms with van der Waals surface area (Å²) < 4.78 is 0. The van der Waals surface area contributed by atoms with Crippen LogP contribution in [-0.2, 0) is 0 Å². The van der Waals surface area contributed by atoms with Crippen molar-refractivity contribution in [3.63, 3.8) is 0 Å². The molecule has 4 rings (SSSR count). The number of piperidine rings is 3. The van der Waals surface area contributed by atoms with E-state index in [0.29, 0.717) is 0 Å². The van der Waals surface area contributed by atoms with Crippen LogP contribution in [0, 0.1) is 23.2 Å². The van der Waals surface area contributed by atoms with Crippen molar-refractivity contribution < 1.29 is 0 Å². The van der Waals surface area contributed by atoms with Gasteiger partial charge in [-0.3, -0.25) is 0 Å². The van der Waals surface area contributed by atoms with Crippen molar-refractivity contribution in [1.82, 2.24) is 15.1 Å². The molecule has 3 saturated heterocycles. The number of hydrogen-bond donors (Lipinski definition) is 1. The summed E-state index contributed by atoms with van der Waals surface area (Å²) >= 11 is 0. The van der Waals surface area contributed by atoms with Gasteiger partial charge in [-0.1, -0.05) is 6.92 Å². The van der Waals surface area contributed by atoms with Gasteiger partial charge in [0, 0.05) is 13.1 Å². The Morgan fingerprint density at radius 3 is 1.92 bits per heavy atom. The molecule has 138 valence electrons. The largest absolute Gasteiger partial charge is 0.317 e. The van der Waals surface area contributed by atoms with Gasteiger partial charge in [-0.05, 0) is 114 Å². The van der Waals surface area contributed by atoms with Crippen molar-refractivity contribution >= 4 is 0 Å². The zero-order valence-electron chi connectivity index (χ0n) is 15.9. The summed E-state index contributed by atoms with van der Waals surface area (Å²) in [4.78, 5) is 5.58. The summed E-state index contributed by atoms with van der Waals surface area (Å²) in [6.45, 7) is 13.2. The van der Waals surface area contributed by atoms with Crippen molar-refractivity contribution in [3.8, 4) is 0 Å². The predicted molar refractivity (Wildman–Crippen MR) is 101 cm³/mol. The highest BCUT2D eigenvalue weighted by atomic mass is 15.2. The van der Waals surface area contributed by atoms with E-state index >= 15 is 0 Å². The highest BCUT2D eigenvalue weighted by Gasteiger charge is 2.43. The van der Waals surface area contributed by atoms with Crippen LogP contribution in [0.2, 0.25) is 0 Å². The third kappa shape index (κ3) is 4.16. The molecule has 1 saturated carbocycles. The normalized spacial score (nSPS) is 31.4. The van der Waals surface area contributed by atoms with Crippen LogP contribution in [-0.4, -0.2) is 62.2 Å². The summed E-state index contributed by atoms with van der Waals surface area (Å²) in [6, 6.07) is 0. The molecule has 4 aliphatic rings. The standard InChI is InChI=1S/C21H39N3/c1-18-14-21(15-18)6-12-24(13-7-21)17-20-4-10-23(11-5-20)16-19-2-8-22-9-3-19/h18-20,22H,2-17H2,1H3. The second-order valence-electron chi connectivity index (χ2n) is 9.75. The Kier molecular flexibility index (Phi) is 5.50. The molecule has 1 N–H and O–H groups in total. The summed E-state index contributed by atoms with van der Waals surface area (Å²) in [7, 11) is 0. The lowest BCUT2D eigenvalue weighted by Crippen LogP contribution is -2.48. The molecule has 4 fully saturated rings. The van der Waals surface area contributed by atoms with E-state index in [9.17, 15) is 0 Å². The van der Waals surface area contributed by atoms with Gasteiger partial charge >= 0.3 is 0 Å². The maximum absolute atomic E-state index is 3.50. The average Bonchev–Trinajstić information content (AvgIpc) is 2.58. The van der Waals surface area contributed by atoms with Gasteiger partial charge in [0.1, 0.15) is 0 Å². The van der Waals surface area contributed by atoms with E-state index < -0.39 is 0 Å². The lowest BCUT2D eigenvalue weighted by atomic mass is 9.58. The van der Waals surface area contributed by atoms with Crippen LogP contribution < -0.4 is 5.32 Å². The van der Waals surface area contributed by atoms with Crippen molar-refractivity contribution in [2.24, 2.45) is 23.2 Å². The highest BCUT2D eigenvalue weighted by molar-refractivity contribution is 4.95. The quantitative estimate of drug-likeness (QED) is 0.852. The number of nitrogens with one attached hydrogen (secondary N) is 1. The highest BCUT2D eigenvalue weighted by Crippen LogP contribution is 2.52. The number of hydrogen-bond acceptors (Lipinski definition) is 3. The summed E-state index contributed by atoms with van der Waals surface area (Å²) in [6.07, 6.45) is 11.7. The van der Waals surface area contributed by atoms with Crippen molar-refractivity contribution in [1.29, 1.82) is 0 Å². The minimum atomic E-state index is 0.786. The SMILES string of the molecule is CC1CC2(CCN(CC3CCN(CC4CCNCC4)CC3)CC2)C1. The third-order valence-electron chi connectivity index (χ3n) is 7.68. The molecule has 0 aromatic carbocycles. The van der Waals surface area contributed by atoms with Crippen LogP contribution in [0.4, 0.5) is 0 Å². The van der Waals surface area contributed by atoms with Crippen molar-refractivity contribution in [3.05, 3.63) is 0 Å². The molecule has 3 nitrogen and oxygen atoms in total. The molecule has 0 aromatic rings. The molecule has 0 radical (unpaired) electrons. The van der Waals surface area contributed by atoms with E-state index in [1.165, 1.54) is 104 Å². The second kappa shape index (κ2) is 7.63. The molecule has 0 amide bonds. The molecule has 0 aromatic heterocycles. The minimum Gasteiger partial charge on any atom is -0.317 e. The van der Waals surface area contributed by atoms with Gasteiger partial charge in [-0.2, -0.15) is 0 Å². The van der Waals surface area contributed by atoms with E-state index in [-0.39, 0.29) is 0 Å². The minimum absolute atomic E-state index is 0.786. The Bertz CT molecular complexity index is 380. The lowest BCUT2D eigenvalue weighted by molar-refractivity contribution is -0.0123. The number of likely N-dealkylation sites (tertiary alicyclic amines) is 2. The van der Waals surface area contributed by atoms with Gasteiger partial charge in [-0.15, -0.1) is 0 Å². The maximum atomic E-state index is 3.50. The van der Waals surface area contributed by atoms with Gasteiger partial charge in [0.05, 0.1) is 0 Å². The zero-order chi connectivity index (χ0) is 16.4. The van der Waals surface area contributed by atoms with Gasteiger partial charge in [0.25, 0.3) is 0 Å². The van der Waals surface area contributed by atoms with E-state index in [0.717, 1.165) is 23.2 Å². The molecule has 1 aliphatic carbocycles. The topological polar surface area (TPSA) is 18.5 Å². The van der Waals surface area contributed by atoms with Crippen LogP contribution in [0.3, 0.4) is 0 Å². The first-order valence-corrected chi connectivity index (χ1v) is 10.9. The fraction of sp³-hybridized carbons (Fsp3) is 1.00. The van der Waals surface area contributed by atoms with Crippen LogP contribution in [0.5, 0.6) is 0 Å². The second-order valence-corrected chi connectivity index (χ2v) is 9.75. The Balaban J connectivity index is 1.13. The molecule has 3 heterocycles. The molecule has 1 spiro atoms. The Morgan fingerprint density at radius 2 is 1.33 bits per heavy atom. The zero-order valence-corrected chi connectivity index (χ0v) is 15.9. The molecule has 24 heavy (non-hydrogen) atoms.